The number of anilines is 1. The molecule has 0 bridgehead atoms. The van der Waals surface area contributed by atoms with Crippen molar-refractivity contribution >= 4 is 42.7 Å². The van der Waals surface area contributed by atoms with Crippen molar-refractivity contribution in [3.05, 3.63) is 66.0 Å². The highest BCUT2D eigenvalue weighted by molar-refractivity contribution is 6.77. The van der Waals surface area contributed by atoms with Crippen LogP contribution in [0.4, 0.5) is 10.2 Å². The van der Waals surface area contributed by atoms with E-state index in [1.807, 2.05) is 25.1 Å². The lowest BCUT2D eigenvalue weighted by atomic mass is 10.3. The van der Waals surface area contributed by atoms with Crippen molar-refractivity contribution in [3.8, 4) is 11.6 Å². The molecular weight excluding hydrogens is 603 g/mol. The first-order valence-electron chi connectivity index (χ1n) is 14.7. The Morgan fingerprint density at radius 2 is 1.66 bits per heavy atom. The molecular formula is C31H40ClFN6O4Si. The van der Waals surface area contributed by atoms with Crippen molar-refractivity contribution in [2.75, 3.05) is 18.5 Å². The quantitative estimate of drug-likeness (QED) is 0.147. The van der Waals surface area contributed by atoms with E-state index < -0.39 is 26.1 Å². The number of benzene rings is 1. The lowest BCUT2D eigenvalue weighted by Gasteiger charge is -2.42. The molecule has 13 heteroatoms. The lowest BCUT2D eigenvalue weighted by Crippen LogP contribution is -2.49. The molecule has 0 aliphatic carbocycles. The number of halogens is 2. The molecule has 0 radical (unpaired) electrons. The van der Waals surface area contributed by atoms with E-state index in [1.165, 1.54) is 18.5 Å². The number of para-hydroxylation sites is 1. The highest BCUT2D eigenvalue weighted by Crippen LogP contribution is 2.42. The van der Waals surface area contributed by atoms with E-state index in [9.17, 15) is 9.18 Å². The van der Waals surface area contributed by atoms with Crippen LogP contribution < -0.4 is 10.1 Å². The predicted octanol–water partition coefficient (Wildman–Crippen LogP) is 6.99. The third-order valence-corrected chi connectivity index (χ3v) is 14.1. The van der Waals surface area contributed by atoms with Gasteiger partial charge in [0.25, 0.3) is 5.91 Å². The van der Waals surface area contributed by atoms with Gasteiger partial charge in [0.15, 0.2) is 14.0 Å². The minimum atomic E-state index is -2.11. The molecule has 0 spiro atoms. The Kier molecular flexibility index (Phi) is 11.1. The molecule has 0 saturated carbocycles. The zero-order chi connectivity index (χ0) is 32.0. The van der Waals surface area contributed by atoms with Gasteiger partial charge in [-0.15, -0.1) is 0 Å². The highest BCUT2D eigenvalue weighted by Gasteiger charge is 2.45. The predicted molar refractivity (Wildman–Crippen MR) is 171 cm³/mol. The summed E-state index contributed by atoms with van der Waals surface area (Å²) in [6.07, 6.45) is 2.43. The topological polar surface area (TPSA) is 113 Å². The van der Waals surface area contributed by atoms with E-state index in [2.05, 4.69) is 66.9 Å². The molecule has 4 aromatic rings. The molecule has 1 N–H and O–H groups in total. The summed E-state index contributed by atoms with van der Waals surface area (Å²) in [4.78, 5) is 26.0. The summed E-state index contributed by atoms with van der Waals surface area (Å²) in [6, 6.07) is 9.81. The maximum atomic E-state index is 13.5. The summed E-state index contributed by atoms with van der Waals surface area (Å²) in [5, 5.41) is 8.08. The van der Waals surface area contributed by atoms with Crippen molar-refractivity contribution in [2.45, 2.75) is 77.3 Å². The minimum absolute atomic E-state index is 0.110. The van der Waals surface area contributed by atoms with Crippen LogP contribution in [0.5, 0.6) is 5.88 Å². The monoisotopic (exact) mass is 642 g/mol. The third kappa shape index (κ3) is 7.43. The number of hydrogen-bond donors (Lipinski definition) is 1. The minimum Gasteiger partial charge on any atom is -0.461 e. The fourth-order valence-electron chi connectivity index (χ4n) is 5.73. The standard InChI is InChI=1S/C31H40ClFN6O4Si/c1-19(2)44(20(3)4,21(5)6)42-16-22(7)41-17-27(30(40)38-28-13-12-23(33)14-34-28)43-31-24-15-37-39(29(24)35-18-36-31)26-11-9-8-10-25(26)32/h8-15,18-22,27H,16-17H2,1-7H3,(H,34,38,40)/t22-,27+/m1/s1. The van der Waals surface area contributed by atoms with Gasteiger partial charge in [-0.1, -0.05) is 65.3 Å². The van der Waals surface area contributed by atoms with Gasteiger partial charge in [0.2, 0.25) is 12.0 Å². The van der Waals surface area contributed by atoms with Gasteiger partial charge >= 0.3 is 0 Å². The second-order valence-electron chi connectivity index (χ2n) is 11.7. The Labute approximate surface area is 263 Å². The number of nitrogens with one attached hydrogen (secondary N) is 1. The Morgan fingerprint density at radius 3 is 2.30 bits per heavy atom. The number of carbonyl (C=O) groups is 1. The van der Waals surface area contributed by atoms with Gasteiger partial charge in [0.05, 0.1) is 42.4 Å². The number of fused-ring (bicyclic) bond motifs is 1. The molecule has 0 unspecified atom stereocenters. The number of rotatable bonds is 14. The summed E-state index contributed by atoms with van der Waals surface area (Å²) in [5.41, 5.74) is 2.35. The summed E-state index contributed by atoms with van der Waals surface area (Å²) in [6.45, 7) is 15.6. The molecule has 0 saturated heterocycles. The van der Waals surface area contributed by atoms with Crippen molar-refractivity contribution in [1.29, 1.82) is 0 Å². The smallest absolute Gasteiger partial charge is 0.269 e. The maximum absolute atomic E-state index is 13.5. The largest absolute Gasteiger partial charge is 0.461 e. The molecule has 3 heterocycles. The number of pyridine rings is 1. The highest BCUT2D eigenvalue weighted by atomic mass is 35.5. The lowest BCUT2D eigenvalue weighted by molar-refractivity contribution is -0.127. The average molecular weight is 643 g/mol. The molecule has 3 aromatic heterocycles. The van der Waals surface area contributed by atoms with Crippen LogP contribution in [-0.2, 0) is 14.0 Å². The Balaban J connectivity index is 1.56. The van der Waals surface area contributed by atoms with Crippen molar-refractivity contribution in [1.82, 2.24) is 24.7 Å². The van der Waals surface area contributed by atoms with Crippen LogP contribution in [0.1, 0.15) is 48.5 Å². The van der Waals surface area contributed by atoms with Crippen LogP contribution in [0.15, 0.2) is 55.1 Å². The Morgan fingerprint density at radius 1 is 0.955 bits per heavy atom. The van der Waals surface area contributed by atoms with Crippen molar-refractivity contribution in [2.24, 2.45) is 0 Å². The number of amides is 1. The molecule has 2 atom stereocenters. The van der Waals surface area contributed by atoms with E-state index in [1.54, 1.807) is 16.9 Å². The maximum Gasteiger partial charge on any atom is 0.269 e. The van der Waals surface area contributed by atoms with Gasteiger partial charge in [-0.3, -0.25) is 4.79 Å². The average Bonchev–Trinajstić information content (AvgIpc) is 3.41. The Hall–Kier alpha value is -3.45. The van der Waals surface area contributed by atoms with Crippen molar-refractivity contribution in [3.63, 3.8) is 0 Å². The third-order valence-electron chi connectivity index (χ3n) is 7.74. The first kappa shape index (κ1) is 33.4. The SMILES string of the molecule is CC(C)[Si](OC[C@@H](C)OC[C@H](Oc1ncnc2c1cnn2-c1ccccc1Cl)C(=O)Nc1ccc(F)cn1)(C(C)C)C(C)C. The zero-order valence-corrected chi connectivity index (χ0v) is 27.9. The molecule has 44 heavy (non-hydrogen) atoms. The molecule has 10 nitrogen and oxygen atoms in total. The second-order valence-corrected chi connectivity index (χ2v) is 17.5. The molecule has 4 rings (SSSR count). The molecule has 0 fully saturated rings. The van der Waals surface area contributed by atoms with Gasteiger partial charge in [-0.25, -0.2) is 24.0 Å². The van der Waals surface area contributed by atoms with Gasteiger partial charge in [0, 0.05) is 0 Å². The van der Waals surface area contributed by atoms with Crippen LogP contribution in [-0.4, -0.2) is 64.4 Å². The molecule has 236 valence electrons. The van der Waals surface area contributed by atoms with Crippen LogP contribution in [0, 0.1) is 5.82 Å². The van der Waals surface area contributed by atoms with E-state index in [0.717, 1.165) is 6.20 Å². The first-order valence-corrected chi connectivity index (χ1v) is 17.2. The van der Waals surface area contributed by atoms with E-state index in [-0.39, 0.29) is 24.4 Å². The Bertz CT molecular complexity index is 1530. The summed E-state index contributed by atoms with van der Waals surface area (Å²) in [7, 11) is -2.11. The zero-order valence-electron chi connectivity index (χ0n) is 26.1. The van der Waals surface area contributed by atoms with E-state index in [4.69, 9.17) is 25.5 Å². The van der Waals surface area contributed by atoms with Crippen LogP contribution in [0.3, 0.4) is 0 Å². The van der Waals surface area contributed by atoms with Crippen LogP contribution >= 0.6 is 11.6 Å². The number of carbonyl (C=O) groups excluding carboxylic acids is 1. The summed E-state index contributed by atoms with van der Waals surface area (Å²) >= 11 is 6.40. The van der Waals surface area contributed by atoms with Gasteiger partial charge in [-0.2, -0.15) is 5.10 Å². The molecule has 1 aromatic carbocycles. The van der Waals surface area contributed by atoms with Crippen LogP contribution in [0.2, 0.25) is 21.6 Å². The second kappa shape index (κ2) is 14.6. The number of ether oxygens (including phenoxy) is 2. The van der Waals surface area contributed by atoms with Crippen LogP contribution in [0.25, 0.3) is 16.7 Å². The fraction of sp³-hybridized carbons (Fsp3) is 0.452. The fourth-order valence-corrected chi connectivity index (χ4v) is 11.5. The molecule has 1 amide bonds. The number of nitrogens with zero attached hydrogens (tertiary/aromatic N) is 5. The number of hydrogen-bond acceptors (Lipinski definition) is 8. The van der Waals surface area contributed by atoms with Gasteiger partial charge < -0.3 is 19.2 Å². The first-order chi connectivity index (χ1) is 20.9. The van der Waals surface area contributed by atoms with E-state index in [0.29, 0.717) is 45.0 Å². The normalized spacial score (nSPS) is 13.5. The van der Waals surface area contributed by atoms with E-state index >= 15 is 0 Å². The molecule has 0 aliphatic rings. The van der Waals surface area contributed by atoms with Crippen molar-refractivity contribution < 1.29 is 23.1 Å². The number of aromatic nitrogens is 5. The van der Waals surface area contributed by atoms with Gasteiger partial charge in [0.1, 0.15) is 23.3 Å². The van der Waals surface area contributed by atoms with Gasteiger partial charge in [-0.05, 0) is 47.8 Å². The summed E-state index contributed by atoms with van der Waals surface area (Å²) in [5.74, 6) is -0.755. The summed E-state index contributed by atoms with van der Waals surface area (Å²) < 4.78 is 34.0. The molecule has 0 aliphatic heterocycles.